The molecule has 4 rings (SSSR count). The number of nitrogens with one attached hydrogen (secondary N) is 1. The van der Waals surface area contributed by atoms with Gasteiger partial charge in [0.1, 0.15) is 0 Å². The number of amides is 1. The van der Waals surface area contributed by atoms with E-state index in [0.29, 0.717) is 22.1 Å². The zero-order chi connectivity index (χ0) is 22.9. The number of carbonyl (C=O) groups excluding carboxylic acids is 1. The number of nitrogens with zero attached hydrogens (tertiary/aromatic N) is 5. The maximum atomic E-state index is 12.9. The van der Waals surface area contributed by atoms with Gasteiger partial charge in [0, 0.05) is 29.5 Å². The number of rotatable bonds is 5. The third-order valence-corrected chi connectivity index (χ3v) is 5.33. The van der Waals surface area contributed by atoms with Crippen LogP contribution in [0.15, 0.2) is 54.4 Å². The van der Waals surface area contributed by atoms with Crippen molar-refractivity contribution in [2.24, 2.45) is 0 Å². The van der Waals surface area contributed by atoms with Crippen LogP contribution in [-0.2, 0) is 6.18 Å². The van der Waals surface area contributed by atoms with Crippen LogP contribution in [-0.4, -0.2) is 30.6 Å². The van der Waals surface area contributed by atoms with E-state index in [4.69, 9.17) is 0 Å². The summed E-state index contributed by atoms with van der Waals surface area (Å²) < 4.78 is 39.9. The number of aromatic nitrogens is 5. The minimum absolute atomic E-state index is 0.149. The van der Waals surface area contributed by atoms with Crippen molar-refractivity contribution in [1.82, 2.24) is 24.7 Å². The Morgan fingerprint density at radius 3 is 2.59 bits per heavy atom. The molecule has 4 heterocycles. The van der Waals surface area contributed by atoms with Crippen LogP contribution < -0.4 is 5.32 Å². The van der Waals surface area contributed by atoms with Crippen molar-refractivity contribution in [2.45, 2.75) is 25.9 Å². The minimum Gasteiger partial charge on any atom is -0.298 e. The number of alkyl halides is 3. The molecule has 0 unspecified atom stereocenters. The van der Waals surface area contributed by atoms with Gasteiger partial charge in [-0.15, -0.1) is 11.3 Å². The van der Waals surface area contributed by atoms with Crippen LogP contribution >= 0.6 is 11.3 Å². The van der Waals surface area contributed by atoms with Crippen LogP contribution in [0, 0.1) is 0 Å². The second kappa shape index (κ2) is 8.50. The molecule has 0 spiro atoms. The monoisotopic (exact) mass is 458 g/mol. The van der Waals surface area contributed by atoms with Gasteiger partial charge < -0.3 is 0 Å². The molecule has 0 saturated heterocycles. The molecule has 0 atom stereocenters. The Labute approximate surface area is 185 Å². The summed E-state index contributed by atoms with van der Waals surface area (Å²) in [4.78, 5) is 25.3. The van der Waals surface area contributed by atoms with E-state index in [1.54, 1.807) is 18.5 Å². The zero-order valence-corrected chi connectivity index (χ0v) is 17.8. The molecule has 1 N–H and O–H groups in total. The topological polar surface area (TPSA) is 85.6 Å². The fraction of sp³-hybridized carbons (Fsp3) is 0.190. The Bertz CT molecular complexity index is 1230. The quantitative estimate of drug-likeness (QED) is 0.445. The molecular weight excluding hydrogens is 441 g/mol. The summed E-state index contributed by atoms with van der Waals surface area (Å²) in [5, 5.41) is 9.18. The number of pyridine rings is 2. The SMILES string of the molecule is CC(C)c1c(C(=O)Nc2nc(-c3cccnc3)cs2)cnn1-c1ccc(C(F)(F)F)cn1. The maximum Gasteiger partial charge on any atom is 0.417 e. The van der Waals surface area contributed by atoms with E-state index in [1.165, 1.54) is 28.3 Å². The standard InChI is InChI=1S/C21H17F3N6OS/c1-12(2)18-15(10-27-30(18)17-6-5-14(9-26-17)21(22,23)24)19(31)29-20-28-16(11-32-20)13-4-3-7-25-8-13/h3-12H,1-2H3,(H,28,29,31). The van der Waals surface area contributed by atoms with Gasteiger partial charge in [-0.25, -0.2) is 14.6 Å². The normalized spacial score (nSPS) is 11.7. The van der Waals surface area contributed by atoms with Gasteiger partial charge in [0.2, 0.25) is 0 Å². The van der Waals surface area contributed by atoms with Gasteiger partial charge in [0.05, 0.1) is 28.7 Å². The van der Waals surface area contributed by atoms with E-state index in [2.05, 4.69) is 25.4 Å². The molecule has 0 radical (unpaired) electrons. The summed E-state index contributed by atoms with van der Waals surface area (Å²) in [5.41, 5.74) is 1.48. The van der Waals surface area contributed by atoms with Crippen molar-refractivity contribution in [2.75, 3.05) is 5.32 Å². The van der Waals surface area contributed by atoms with Crippen LogP contribution in [0.1, 0.15) is 41.4 Å². The number of hydrogen-bond donors (Lipinski definition) is 1. The van der Waals surface area contributed by atoms with Crippen LogP contribution in [0.4, 0.5) is 18.3 Å². The molecule has 164 valence electrons. The molecule has 0 aromatic carbocycles. The molecule has 4 aromatic rings. The molecule has 4 aromatic heterocycles. The highest BCUT2D eigenvalue weighted by Gasteiger charge is 2.31. The highest BCUT2D eigenvalue weighted by atomic mass is 32.1. The number of thiazole rings is 1. The zero-order valence-electron chi connectivity index (χ0n) is 17.0. The average molecular weight is 458 g/mol. The summed E-state index contributed by atoms with van der Waals surface area (Å²) in [6.45, 7) is 3.72. The minimum atomic E-state index is -4.48. The van der Waals surface area contributed by atoms with Crippen LogP contribution in [0.3, 0.4) is 0 Å². The Morgan fingerprint density at radius 1 is 1.16 bits per heavy atom. The first-order chi connectivity index (χ1) is 15.2. The first-order valence-corrected chi connectivity index (χ1v) is 10.4. The smallest absolute Gasteiger partial charge is 0.298 e. The van der Waals surface area contributed by atoms with Gasteiger partial charge in [0.15, 0.2) is 10.9 Å². The fourth-order valence-corrected chi connectivity index (χ4v) is 3.81. The molecule has 11 heteroatoms. The number of halogens is 3. The molecule has 0 aliphatic rings. The highest BCUT2D eigenvalue weighted by molar-refractivity contribution is 7.14. The predicted molar refractivity (Wildman–Crippen MR) is 114 cm³/mol. The lowest BCUT2D eigenvalue weighted by molar-refractivity contribution is -0.137. The van der Waals surface area contributed by atoms with Crippen molar-refractivity contribution in [3.05, 3.63) is 71.3 Å². The number of hydrogen-bond acceptors (Lipinski definition) is 6. The van der Waals surface area contributed by atoms with Crippen molar-refractivity contribution in [1.29, 1.82) is 0 Å². The number of carbonyl (C=O) groups is 1. The predicted octanol–water partition coefficient (Wildman–Crippen LogP) is 5.18. The molecule has 0 fully saturated rings. The summed E-state index contributed by atoms with van der Waals surface area (Å²) in [6, 6.07) is 5.82. The van der Waals surface area contributed by atoms with Crippen LogP contribution in [0.2, 0.25) is 0 Å². The van der Waals surface area contributed by atoms with E-state index < -0.39 is 17.6 Å². The first-order valence-electron chi connectivity index (χ1n) is 9.53. The van der Waals surface area contributed by atoms with Gasteiger partial charge in [0.25, 0.3) is 5.91 Å². The van der Waals surface area contributed by atoms with Crippen molar-refractivity contribution < 1.29 is 18.0 Å². The van der Waals surface area contributed by atoms with E-state index in [1.807, 2.05) is 25.3 Å². The summed E-state index contributed by atoms with van der Waals surface area (Å²) in [6.07, 6.45) is 0.980. The van der Waals surface area contributed by atoms with Gasteiger partial charge in [-0.3, -0.25) is 15.1 Å². The third kappa shape index (κ3) is 4.37. The summed E-state index contributed by atoms with van der Waals surface area (Å²) in [5.74, 6) is -0.377. The number of anilines is 1. The lowest BCUT2D eigenvalue weighted by Crippen LogP contribution is -2.16. The average Bonchev–Trinajstić information content (AvgIpc) is 3.41. The molecule has 7 nitrogen and oxygen atoms in total. The van der Waals surface area contributed by atoms with Crippen molar-refractivity contribution >= 4 is 22.4 Å². The Morgan fingerprint density at radius 2 is 1.97 bits per heavy atom. The Balaban J connectivity index is 1.60. The van der Waals surface area contributed by atoms with Crippen molar-refractivity contribution in [3.63, 3.8) is 0 Å². The van der Waals surface area contributed by atoms with Crippen LogP contribution in [0.5, 0.6) is 0 Å². The molecule has 0 saturated carbocycles. The van der Waals surface area contributed by atoms with E-state index in [-0.39, 0.29) is 11.7 Å². The van der Waals surface area contributed by atoms with E-state index >= 15 is 0 Å². The lowest BCUT2D eigenvalue weighted by atomic mass is 10.1. The van der Waals surface area contributed by atoms with Gasteiger partial charge in [-0.05, 0) is 30.2 Å². The summed E-state index contributed by atoms with van der Waals surface area (Å²) in [7, 11) is 0. The molecule has 0 aliphatic heterocycles. The van der Waals surface area contributed by atoms with E-state index in [0.717, 1.165) is 17.8 Å². The van der Waals surface area contributed by atoms with E-state index in [9.17, 15) is 18.0 Å². The second-order valence-corrected chi connectivity index (χ2v) is 8.00. The highest BCUT2D eigenvalue weighted by Crippen LogP contribution is 2.30. The molecule has 1 amide bonds. The lowest BCUT2D eigenvalue weighted by Gasteiger charge is -2.13. The maximum absolute atomic E-state index is 12.9. The van der Waals surface area contributed by atoms with Crippen LogP contribution in [0.25, 0.3) is 17.1 Å². The second-order valence-electron chi connectivity index (χ2n) is 7.15. The summed E-state index contributed by atoms with van der Waals surface area (Å²) >= 11 is 1.27. The van der Waals surface area contributed by atoms with Crippen molar-refractivity contribution in [3.8, 4) is 17.1 Å². The molecule has 0 bridgehead atoms. The molecule has 0 aliphatic carbocycles. The Hall–Kier alpha value is -3.60. The molecular formula is C21H17F3N6OS. The first kappa shape index (κ1) is 21.6. The third-order valence-electron chi connectivity index (χ3n) is 4.57. The fourth-order valence-electron chi connectivity index (χ4n) is 3.09. The molecule has 32 heavy (non-hydrogen) atoms. The van der Waals surface area contributed by atoms with Gasteiger partial charge in [-0.1, -0.05) is 13.8 Å². The van der Waals surface area contributed by atoms with Gasteiger partial charge >= 0.3 is 6.18 Å². The Kier molecular flexibility index (Phi) is 5.74. The van der Waals surface area contributed by atoms with Gasteiger partial charge in [-0.2, -0.15) is 18.3 Å². The largest absolute Gasteiger partial charge is 0.417 e.